The first kappa shape index (κ1) is 21.4. The lowest BCUT2D eigenvalue weighted by Crippen LogP contribution is -2.42. The summed E-state index contributed by atoms with van der Waals surface area (Å²) in [5.74, 6) is -1.42. The molecule has 0 aromatic heterocycles. The van der Waals surface area contributed by atoms with Gasteiger partial charge in [-0.05, 0) is 47.5 Å². The summed E-state index contributed by atoms with van der Waals surface area (Å²) < 4.78 is 38.6. The number of amides is 4. The van der Waals surface area contributed by atoms with Crippen LogP contribution in [0.25, 0.3) is 10.8 Å². The molecule has 1 unspecified atom stereocenters. The van der Waals surface area contributed by atoms with Crippen LogP contribution in [0.15, 0.2) is 66.7 Å². The van der Waals surface area contributed by atoms with Gasteiger partial charge < -0.3 is 10.6 Å². The van der Waals surface area contributed by atoms with E-state index in [2.05, 4.69) is 10.6 Å². The van der Waals surface area contributed by atoms with Gasteiger partial charge in [-0.2, -0.15) is 13.2 Å². The number of alkyl halides is 3. The highest BCUT2D eigenvalue weighted by Crippen LogP contribution is 2.32. The van der Waals surface area contributed by atoms with Crippen molar-refractivity contribution in [2.45, 2.75) is 18.6 Å². The second-order valence-corrected chi connectivity index (χ2v) is 7.64. The van der Waals surface area contributed by atoms with Crippen molar-refractivity contribution < 1.29 is 27.6 Å². The predicted molar refractivity (Wildman–Crippen MR) is 112 cm³/mol. The molecule has 0 spiro atoms. The fourth-order valence-electron chi connectivity index (χ4n) is 3.65. The normalized spacial score (nSPS) is 18.7. The van der Waals surface area contributed by atoms with Gasteiger partial charge in [-0.25, -0.2) is 4.79 Å². The van der Waals surface area contributed by atoms with Crippen molar-refractivity contribution in [2.24, 2.45) is 0 Å². The maximum atomic E-state index is 13.1. The molecular formula is C23H18F3N3O3. The van der Waals surface area contributed by atoms with Gasteiger partial charge in [0.15, 0.2) is 0 Å². The number of benzene rings is 3. The highest BCUT2D eigenvalue weighted by Gasteiger charge is 2.49. The van der Waals surface area contributed by atoms with Gasteiger partial charge in [0, 0.05) is 5.69 Å². The number of hydrogen-bond acceptors (Lipinski definition) is 3. The molecule has 32 heavy (non-hydrogen) atoms. The van der Waals surface area contributed by atoms with Crippen molar-refractivity contribution in [3.63, 3.8) is 0 Å². The van der Waals surface area contributed by atoms with Crippen molar-refractivity contribution in [3.8, 4) is 0 Å². The zero-order valence-electron chi connectivity index (χ0n) is 16.9. The molecule has 9 heteroatoms. The van der Waals surface area contributed by atoms with E-state index in [-0.39, 0.29) is 5.69 Å². The van der Waals surface area contributed by atoms with Crippen molar-refractivity contribution in [3.05, 3.63) is 77.9 Å². The monoisotopic (exact) mass is 441 g/mol. The molecule has 0 aliphatic carbocycles. The van der Waals surface area contributed by atoms with Gasteiger partial charge in [0.1, 0.15) is 12.1 Å². The maximum absolute atomic E-state index is 13.1. The van der Waals surface area contributed by atoms with Crippen LogP contribution in [0, 0.1) is 0 Å². The van der Waals surface area contributed by atoms with E-state index in [4.69, 9.17) is 0 Å². The van der Waals surface area contributed by atoms with Gasteiger partial charge in [-0.15, -0.1) is 0 Å². The fourth-order valence-corrected chi connectivity index (χ4v) is 3.65. The Morgan fingerprint density at radius 3 is 2.44 bits per heavy atom. The second-order valence-electron chi connectivity index (χ2n) is 7.64. The molecule has 0 saturated carbocycles. The van der Waals surface area contributed by atoms with E-state index in [1.165, 1.54) is 6.07 Å². The number of nitrogens with zero attached hydrogens (tertiary/aromatic N) is 1. The molecular weight excluding hydrogens is 423 g/mol. The molecule has 1 heterocycles. The lowest BCUT2D eigenvalue weighted by molar-refractivity contribution is -0.137. The van der Waals surface area contributed by atoms with Crippen LogP contribution in [-0.2, 0) is 21.3 Å². The molecule has 4 rings (SSSR count). The molecule has 1 atom stereocenters. The summed E-state index contributed by atoms with van der Waals surface area (Å²) in [4.78, 5) is 38.7. The number of carbonyl (C=O) groups excluding carboxylic acids is 3. The van der Waals surface area contributed by atoms with Gasteiger partial charge >= 0.3 is 12.2 Å². The number of anilines is 1. The topological polar surface area (TPSA) is 78.5 Å². The summed E-state index contributed by atoms with van der Waals surface area (Å²) >= 11 is 0. The van der Waals surface area contributed by atoms with Gasteiger partial charge in [0.25, 0.3) is 5.91 Å². The van der Waals surface area contributed by atoms with Gasteiger partial charge in [0.05, 0.1) is 5.56 Å². The van der Waals surface area contributed by atoms with Crippen LogP contribution >= 0.6 is 0 Å². The standard InChI is InChI=1S/C23H18F3N3O3/c1-22(16-10-9-14-5-2-3-6-15(14)11-16)20(31)29(21(32)28-22)13-19(30)27-18-8-4-7-17(12-18)23(24,25)26/h2-12H,13H2,1H3,(H,27,30)(H,28,32). The molecule has 3 aromatic carbocycles. The third-order valence-corrected chi connectivity index (χ3v) is 5.38. The SMILES string of the molecule is CC1(c2ccc3ccccc3c2)NC(=O)N(CC(=O)Nc2cccc(C(F)(F)F)c2)C1=O. The Hall–Kier alpha value is -3.88. The van der Waals surface area contributed by atoms with Crippen LogP contribution in [0.1, 0.15) is 18.1 Å². The van der Waals surface area contributed by atoms with Crippen molar-refractivity contribution in [1.82, 2.24) is 10.2 Å². The molecule has 1 saturated heterocycles. The van der Waals surface area contributed by atoms with E-state index in [1.807, 2.05) is 30.3 Å². The summed E-state index contributed by atoms with van der Waals surface area (Å²) in [6.45, 7) is 0.909. The van der Waals surface area contributed by atoms with Crippen LogP contribution in [0.2, 0.25) is 0 Å². The third kappa shape index (κ3) is 3.89. The quantitative estimate of drug-likeness (QED) is 0.594. The molecule has 0 bridgehead atoms. The Bertz CT molecular complexity index is 1240. The minimum absolute atomic E-state index is 0.0887. The number of rotatable bonds is 4. The molecule has 0 radical (unpaired) electrons. The van der Waals surface area contributed by atoms with Crippen LogP contribution in [-0.4, -0.2) is 29.3 Å². The number of urea groups is 1. The van der Waals surface area contributed by atoms with Gasteiger partial charge in [-0.3, -0.25) is 14.5 Å². The second kappa shape index (κ2) is 7.67. The lowest BCUT2D eigenvalue weighted by Gasteiger charge is -2.22. The Labute approximate surface area is 181 Å². The summed E-state index contributed by atoms with van der Waals surface area (Å²) in [6, 6.07) is 16.2. The van der Waals surface area contributed by atoms with Crippen LogP contribution in [0.3, 0.4) is 0 Å². The van der Waals surface area contributed by atoms with E-state index in [1.54, 1.807) is 19.1 Å². The molecule has 3 aromatic rings. The summed E-state index contributed by atoms with van der Waals surface area (Å²) in [5.41, 5.74) is -1.84. The van der Waals surface area contributed by atoms with E-state index in [0.29, 0.717) is 5.56 Å². The van der Waals surface area contributed by atoms with Crippen molar-refractivity contribution in [1.29, 1.82) is 0 Å². The fraction of sp³-hybridized carbons (Fsp3) is 0.174. The highest BCUT2D eigenvalue weighted by atomic mass is 19.4. The highest BCUT2D eigenvalue weighted by molar-refractivity contribution is 6.10. The van der Waals surface area contributed by atoms with E-state index in [9.17, 15) is 27.6 Å². The first-order chi connectivity index (χ1) is 15.1. The molecule has 4 amide bonds. The zero-order valence-corrected chi connectivity index (χ0v) is 16.9. The first-order valence-electron chi connectivity index (χ1n) is 9.68. The molecule has 164 valence electrons. The van der Waals surface area contributed by atoms with Crippen molar-refractivity contribution in [2.75, 3.05) is 11.9 Å². The number of carbonyl (C=O) groups is 3. The first-order valence-corrected chi connectivity index (χ1v) is 9.68. The Balaban J connectivity index is 1.52. The number of hydrogen-bond donors (Lipinski definition) is 2. The summed E-state index contributed by atoms with van der Waals surface area (Å²) in [7, 11) is 0. The minimum atomic E-state index is -4.56. The number of fused-ring (bicyclic) bond motifs is 1. The van der Waals surface area contributed by atoms with E-state index >= 15 is 0 Å². The average molecular weight is 441 g/mol. The van der Waals surface area contributed by atoms with E-state index < -0.39 is 41.7 Å². The Kier molecular flexibility index (Phi) is 5.12. The van der Waals surface area contributed by atoms with Crippen LogP contribution < -0.4 is 10.6 Å². The van der Waals surface area contributed by atoms with Gasteiger partial charge in [0.2, 0.25) is 5.91 Å². The number of halogens is 3. The van der Waals surface area contributed by atoms with Crippen molar-refractivity contribution >= 4 is 34.3 Å². The number of imide groups is 1. The number of nitrogens with one attached hydrogen (secondary N) is 2. The molecule has 1 fully saturated rings. The summed E-state index contributed by atoms with van der Waals surface area (Å²) in [6.07, 6.45) is -4.56. The zero-order chi connectivity index (χ0) is 23.1. The largest absolute Gasteiger partial charge is 0.416 e. The maximum Gasteiger partial charge on any atom is 0.416 e. The van der Waals surface area contributed by atoms with E-state index in [0.717, 1.165) is 33.9 Å². The summed E-state index contributed by atoms with van der Waals surface area (Å²) in [5, 5.41) is 6.77. The lowest BCUT2D eigenvalue weighted by atomic mass is 9.90. The predicted octanol–water partition coefficient (Wildman–Crippen LogP) is 4.26. The van der Waals surface area contributed by atoms with Gasteiger partial charge in [-0.1, -0.05) is 42.5 Å². The average Bonchev–Trinajstić information content (AvgIpc) is 2.97. The Morgan fingerprint density at radius 1 is 1.00 bits per heavy atom. The third-order valence-electron chi connectivity index (χ3n) is 5.38. The van der Waals surface area contributed by atoms with Crippen LogP contribution in [0.4, 0.5) is 23.7 Å². The van der Waals surface area contributed by atoms with Crippen LogP contribution in [0.5, 0.6) is 0 Å². The molecule has 1 aliphatic rings. The Morgan fingerprint density at radius 2 is 1.72 bits per heavy atom. The molecule has 6 nitrogen and oxygen atoms in total. The molecule has 2 N–H and O–H groups in total. The minimum Gasteiger partial charge on any atom is -0.325 e. The molecule has 1 aliphatic heterocycles. The smallest absolute Gasteiger partial charge is 0.325 e.